The molecule has 1 aromatic rings. The van der Waals surface area contributed by atoms with Crippen LogP contribution in [-0.2, 0) is 9.63 Å². The highest BCUT2D eigenvalue weighted by Gasteiger charge is 2.28. The minimum absolute atomic E-state index is 0.299. The fourth-order valence-corrected chi connectivity index (χ4v) is 2.67. The van der Waals surface area contributed by atoms with Crippen LogP contribution in [-0.4, -0.2) is 29.5 Å². The molecule has 0 saturated carbocycles. The summed E-state index contributed by atoms with van der Waals surface area (Å²) < 4.78 is 5.75. The highest BCUT2D eigenvalue weighted by atomic mass is 16.7. The van der Waals surface area contributed by atoms with Crippen LogP contribution >= 0.6 is 0 Å². The van der Waals surface area contributed by atoms with Crippen LogP contribution in [0.2, 0.25) is 0 Å². The molecule has 1 aromatic carbocycles. The third-order valence-corrected chi connectivity index (χ3v) is 4.15. The summed E-state index contributed by atoms with van der Waals surface area (Å²) in [5.41, 5.74) is 1.54. The normalized spacial score (nSPS) is 16.5. The van der Waals surface area contributed by atoms with Gasteiger partial charge >= 0.3 is 5.97 Å². The monoisotopic (exact) mass is 333 g/mol. The van der Waals surface area contributed by atoms with Crippen LogP contribution in [0.3, 0.4) is 0 Å². The van der Waals surface area contributed by atoms with E-state index in [0.29, 0.717) is 12.1 Å². The molecule has 0 bridgehead atoms. The average molecular weight is 333 g/mol. The van der Waals surface area contributed by atoms with Gasteiger partial charge in [0.05, 0.1) is 12.3 Å². The molecule has 0 radical (unpaired) electrons. The molecular weight excluding hydrogens is 306 g/mol. The Morgan fingerprint density at radius 2 is 1.83 bits per heavy atom. The number of unbranched alkanes of at least 4 members (excludes halogenated alkanes) is 6. The van der Waals surface area contributed by atoms with Crippen molar-refractivity contribution >= 4 is 11.7 Å². The van der Waals surface area contributed by atoms with E-state index in [1.54, 1.807) is 0 Å². The van der Waals surface area contributed by atoms with Gasteiger partial charge in [-0.05, 0) is 36.2 Å². The number of carboxylic acid groups (broad SMARTS) is 1. The SMILES string of the molecule is CCCCCCCCCOc1ccc(C2=NOC(C(=O)O)C2)cc1. The van der Waals surface area contributed by atoms with Crippen molar-refractivity contribution in [3.8, 4) is 5.75 Å². The maximum absolute atomic E-state index is 10.9. The number of ether oxygens (including phenoxy) is 1. The van der Waals surface area contributed by atoms with Gasteiger partial charge in [0, 0.05) is 6.42 Å². The summed E-state index contributed by atoms with van der Waals surface area (Å²) in [6.45, 7) is 2.97. The summed E-state index contributed by atoms with van der Waals surface area (Å²) in [4.78, 5) is 15.8. The fraction of sp³-hybridized carbons (Fsp3) is 0.579. The van der Waals surface area contributed by atoms with Gasteiger partial charge in [-0.15, -0.1) is 0 Å². The molecule has 0 amide bonds. The number of carbonyl (C=O) groups is 1. The summed E-state index contributed by atoms with van der Waals surface area (Å²) in [6, 6.07) is 7.58. The van der Waals surface area contributed by atoms with Gasteiger partial charge in [-0.1, -0.05) is 50.6 Å². The zero-order chi connectivity index (χ0) is 17.2. The van der Waals surface area contributed by atoms with Crippen molar-refractivity contribution in [2.24, 2.45) is 5.16 Å². The summed E-state index contributed by atoms with van der Waals surface area (Å²) in [7, 11) is 0. The lowest BCUT2D eigenvalue weighted by Crippen LogP contribution is -2.19. The molecule has 5 heteroatoms. The summed E-state index contributed by atoms with van der Waals surface area (Å²) >= 11 is 0. The Morgan fingerprint density at radius 3 is 2.46 bits per heavy atom. The highest BCUT2D eigenvalue weighted by molar-refractivity contribution is 6.03. The lowest BCUT2D eigenvalue weighted by molar-refractivity contribution is -0.148. The minimum atomic E-state index is -0.983. The van der Waals surface area contributed by atoms with Crippen LogP contribution in [0.25, 0.3) is 0 Å². The molecule has 0 aromatic heterocycles. The molecule has 1 aliphatic heterocycles. The summed E-state index contributed by atoms with van der Waals surface area (Å²) in [5.74, 6) is -0.151. The average Bonchev–Trinajstić information content (AvgIpc) is 3.08. The van der Waals surface area contributed by atoms with Gasteiger partial charge in [-0.2, -0.15) is 0 Å². The van der Waals surface area contributed by atoms with E-state index in [1.165, 1.54) is 38.5 Å². The largest absolute Gasteiger partial charge is 0.494 e. The van der Waals surface area contributed by atoms with Gasteiger partial charge in [-0.3, -0.25) is 0 Å². The Balaban J connectivity index is 1.65. The zero-order valence-corrected chi connectivity index (χ0v) is 14.4. The predicted molar refractivity (Wildman–Crippen MR) is 93.6 cm³/mol. The van der Waals surface area contributed by atoms with Crippen LogP contribution in [0.15, 0.2) is 29.4 Å². The first-order valence-electron chi connectivity index (χ1n) is 8.89. The van der Waals surface area contributed by atoms with Crippen molar-refractivity contribution in [1.29, 1.82) is 0 Å². The molecule has 1 aliphatic rings. The van der Waals surface area contributed by atoms with E-state index in [2.05, 4.69) is 12.1 Å². The first kappa shape index (κ1) is 18.3. The predicted octanol–water partition coefficient (Wildman–Crippen LogP) is 4.39. The van der Waals surface area contributed by atoms with Crippen molar-refractivity contribution in [2.75, 3.05) is 6.61 Å². The molecule has 5 nitrogen and oxygen atoms in total. The zero-order valence-electron chi connectivity index (χ0n) is 14.4. The summed E-state index contributed by atoms with van der Waals surface area (Å²) in [5, 5.41) is 12.8. The fourth-order valence-electron chi connectivity index (χ4n) is 2.67. The maximum Gasteiger partial charge on any atom is 0.348 e. The Bertz CT molecular complexity index is 539. The minimum Gasteiger partial charge on any atom is -0.494 e. The van der Waals surface area contributed by atoms with Gasteiger partial charge < -0.3 is 14.7 Å². The molecule has 0 aliphatic carbocycles. The van der Waals surface area contributed by atoms with Gasteiger partial charge in [-0.25, -0.2) is 4.79 Å². The molecule has 132 valence electrons. The first-order chi connectivity index (χ1) is 11.7. The molecular formula is C19H27NO4. The quantitative estimate of drug-likeness (QED) is 0.610. The van der Waals surface area contributed by atoms with Crippen LogP contribution in [0.4, 0.5) is 0 Å². The number of nitrogens with zero attached hydrogens (tertiary/aromatic N) is 1. The molecule has 1 unspecified atom stereocenters. The smallest absolute Gasteiger partial charge is 0.348 e. The second kappa shape index (κ2) is 9.96. The van der Waals surface area contributed by atoms with Crippen LogP contribution in [0.5, 0.6) is 5.75 Å². The third kappa shape index (κ3) is 5.87. The molecule has 1 atom stereocenters. The van der Waals surface area contributed by atoms with Crippen molar-refractivity contribution in [1.82, 2.24) is 0 Å². The third-order valence-electron chi connectivity index (χ3n) is 4.15. The molecule has 24 heavy (non-hydrogen) atoms. The first-order valence-corrected chi connectivity index (χ1v) is 8.89. The van der Waals surface area contributed by atoms with Gasteiger partial charge in [0.15, 0.2) is 0 Å². The summed E-state index contributed by atoms with van der Waals surface area (Å²) in [6.07, 6.45) is 8.30. The number of oxime groups is 1. The molecule has 1 N–H and O–H groups in total. The number of benzene rings is 1. The number of hydrogen-bond donors (Lipinski definition) is 1. The molecule has 0 spiro atoms. The maximum atomic E-state index is 10.9. The Labute approximate surface area is 143 Å². The molecule has 0 fully saturated rings. The van der Waals surface area contributed by atoms with Gasteiger partial charge in [0.1, 0.15) is 5.75 Å². The number of rotatable bonds is 11. The second-order valence-electron chi connectivity index (χ2n) is 6.17. The molecule has 2 rings (SSSR count). The lowest BCUT2D eigenvalue weighted by Gasteiger charge is -2.07. The van der Waals surface area contributed by atoms with Crippen molar-refractivity contribution in [2.45, 2.75) is 64.4 Å². The van der Waals surface area contributed by atoms with Crippen LogP contribution < -0.4 is 4.74 Å². The Kier molecular flexibility index (Phi) is 7.59. The number of aliphatic carboxylic acids is 1. The van der Waals surface area contributed by atoms with Gasteiger partial charge in [0.2, 0.25) is 6.10 Å². The van der Waals surface area contributed by atoms with E-state index < -0.39 is 12.1 Å². The van der Waals surface area contributed by atoms with Crippen molar-refractivity contribution in [3.63, 3.8) is 0 Å². The number of hydrogen-bond acceptors (Lipinski definition) is 4. The van der Waals surface area contributed by atoms with E-state index in [0.717, 1.165) is 24.3 Å². The van der Waals surface area contributed by atoms with E-state index in [4.69, 9.17) is 14.7 Å². The molecule has 0 saturated heterocycles. The van der Waals surface area contributed by atoms with E-state index in [9.17, 15) is 4.79 Å². The Morgan fingerprint density at radius 1 is 1.17 bits per heavy atom. The second-order valence-corrected chi connectivity index (χ2v) is 6.17. The van der Waals surface area contributed by atoms with Crippen LogP contribution in [0.1, 0.15) is 63.9 Å². The Hall–Kier alpha value is -2.04. The van der Waals surface area contributed by atoms with E-state index in [1.807, 2.05) is 24.3 Å². The van der Waals surface area contributed by atoms with Crippen molar-refractivity contribution in [3.05, 3.63) is 29.8 Å². The number of carboxylic acids is 1. The highest BCUT2D eigenvalue weighted by Crippen LogP contribution is 2.20. The lowest BCUT2D eigenvalue weighted by atomic mass is 10.1. The topological polar surface area (TPSA) is 68.1 Å². The van der Waals surface area contributed by atoms with Crippen molar-refractivity contribution < 1.29 is 19.5 Å². The van der Waals surface area contributed by atoms with E-state index >= 15 is 0 Å². The van der Waals surface area contributed by atoms with Gasteiger partial charge in [0.25, 0.3) is 0 Å². The van der Waals surface area contributed by atoms with E-state index in [-0.39, 0.29) is 0 Å². The molecule has 1 heterocycles. The van der Waals surface area contributed by atoms with Crippen LogP contribution in [0, 0.1) is 0 Å². The standard InChI is InChI=1S/C19H27NO4/c1-2-3-4-5-6-7-8-13-23-16-11-9-15(10-12-16)17-14-18(19(21)22)24-20-17/h9-12,18H,2-8,13-14H2,1H3,(H,21,22).